The summed E-state index contributed by atoms with van der Waals surface area (Å²) in [6.07, 6.45) is 0.186. The Morgan fingerprint density at radius 2 is 1.65 bits per heavy atom. The van der Waals surface area contributed by atoms with Gasteiger partial charge in [0.25, 0.3) is 0 Å². The number of aromatic nitrogens is 1. The highest BCUT2D eigenvalue weighted by atomic mass is 16.7. The van der Waals surface area contributed by atoms with Crippen LogP contribution in [-0.4, -0.2) is 16.2 Å². The average molecular weight is 305 g/mol. The molecule has 23 heavy (non-hydrogen) atoms. The first-order valence-corrected chi connectivity index (χ1v) is 7.17. The summed E-state index contributed by atoms with van der Waals surface area (Å²) in [4.78, 5) is 14.7. The number of carbonyl (C=O) groups is 1. The summed E-state index contributed by atoms with van der Waals surface area (Å²) in [6.45, 7) is 1.80. The van der Waals surface area contributed by atoms with E-state index in [1.54, 1.807) is 13.1 Å². The van der Waals surface area contributed by atoms with Crippen molar-refractivity contribution in [1.82, 2.24) is 4.98 Å². The van der Waals surface area contributed by atoms with Crippen LogP contribution in [0.5, 0.6) is 5.88 Å². The molecule has 3 aromatic rings. The molecular formula is C19H15NO3. The molecule has 0 bridgehead atoms. The number of ether oxygens (including phenoxy) is 1. The van der Waals surface area contributed by atoms with Crippen molar-refractivity contribution < 1.29 is 14.6 Å². The SMILES string of the molecule is Cc1c(-c2cccc(-c3ccccc3)c2)ccnc1OC(=O)O. The van der Waals surface area contributed by atoms with Crippen LogP contribution in [0.2, 0.25) is 0 Å². The Morgan fingerprint density at radius 1 is 0.957 bits per heavy atom. The summed E-state index contributed by atoms with van der Waals surface area (Å²) < 4.78 is 4.73. The van der Waals surface area contributed by atoms with E-state index in [1.807, 2.05) is 42.5 Å². The molecule has 0 aliphatic heterocycles. The normalized spacial score (nSPS) is 10.3. The standard InChI is InChI=1S/C19H15NO3/c1-13-17(10-11-20-18(13)23-19(21)22)16-9-5-8-15(12-16)14-6-3-2-4-7-14/h2-12H,1H3,(H,21,22). The third-order valence-electron chi connectivity index (χ3n) is 3.62. The predicted octanol–water partition coefficient (Wildman–Crippen LogP) is 4.78. The molecule has 0 amide bonds. The molecule has 114 valence electrons. The number of pyridine rings is 1. The smallest absolute Gasteiger partial charge is 0.449 e. The van der Waals surface area contributed by atoms with E-state index in [0.29, 0.717) is 5.56 Å². The van der Waals surface area contributed by atoms with E-state index in [2.05, 4.69) is 23.2 Å². The fourth-order valence-corrected chi connectivity index (χ4v) is 2.51. The molecule has 4 nitrogen and oxygen atoms in total. The Morgan fingerprint density at radius 3 is 2.39 bits per heavy atom. The lowest BCUT2D eigenvalue weighted by Crippen LogP contribution is -2.06. The predicted molar refractivity (Wildman–Crippen MR) is 88.5 cm³/mol. The Labute approximate surface area is 134 Å². The van der Waals surface area contributed by atoms with Gasteiger partial charge in [-0.3, -0.25) is 0 Å². The Kier molecular flexibility index (Phi) is 4.06. The van der Waals surface area contributed by atoms with Gasteiger partial charge in [0.1, 0.15) is 0 Å². The summed E-state index contributed by atoms with van der Waals surface area (Å²) in [7, 11) is 0. The lowest BCUT2D eigenvalue weighted by Gasteiger charge is -2.10. The van der Waals surface area contributed by atoms with E-state index in [-0.39, 0.29) is 5.88 Å². The zero-order valence-electron chi connectivity index (χ0n) is 12.6. The molecule has 0 aliphatic rings. The van der Waals surface area contributed by atoms with Crippen LogP contribution in [-0.2, 0) is 0 Å². The van der Waals surface area contributed by atoms with Crippen molar-refractivity contribution in [3.63, 3.8) is 0 Å². The van der Waals surface area contributed by atoms with Crippen LogP contribution < -0.4 is 4.74 Å². The van der Waals surface area contributed by atoms with Crippen molar-refractivity contribution in [2.45, 2.75) is 6.92 Å². The van der Waals surface area contributed by atoms with Gasteiger partial charge in [-0.1, -0.05) is 48.5 Å². The van der Waals surface area contributed by atoms with Gasteiger partial charge in [-0.15, -0.1) is 0 Å². The van der Waals surface area contributed by atoms with Gasteiger partial charge < -0.3 is 9.84 Å². The highest BCUT2D eigenvalue weighted by Crippen LogP contribution is 2.31. The van der Waals surface area contributed by atoms with Crippen molar-refractivity contribution in [2.24, 2.45) is 0 Å². The van der Waals surface area contributed by atoms with E-state index in [1.165, 1.54) is 0 Å². The van der Waals surface area contributed by atoms with Gasteiger partial charge in [-0.2, -0.15) is 0 Å². The first-order valence-electron chi connectivity index (χ1n) is 7.17. The molecule has 0 saturated heterocycles. The van der Waals surface area contributed by atoms with Gasteiger partial charge in [0.2, 0.25) is 5.88 Å². The topological polar surface area (TPSA) is 59.4 Å². The molecule has 0 aliphatic carbocycles. The zero-order chi connectivity index (χ0) is 16.2. The van der Waals surface area contributed by atoms with Gasteiger partial charge >= 0.3 is 6.16 Å². The minimum Gasteiger partial charge on any atom is -0.449 e. The van der Waals surface area contributed by atoms with Gasteiger partial charge in [0, 0.05) is 11.8 Å². The highest BCUT2D eigenvalue weighted by Gasteiger charge is 2.12. The van der Waals surface area contributed by atoms with E-state index in [9.17, 15) is 4.79 Å². The number of carboxylic acid groups (broad SMARTS) is 1. The molecule has 0 fully saturated rings. The van der Waals surface area contributed by atoms with E-state index >= 15 is 0 Å². The van der Waals surface area contributed by atoms with Crippen molar-refractivity contribution >= 4 is 6.16 Å². The molecule has 1 N–H and O–H groups in total. The summed E-state index contributed by atoms with van der Waals surface area (Å²) >= 11 is 0. The number of hydrogen-bond acceptors (Lipinski definition) is 3. The summed E-state index contributed by atoms with van der Waals surface area (Å²) in [5.41, 5.74) is 4.80. The van der Waals surface area contributed by atoms with E-state index in [4.69, 9.17) is 9.84 Å². The molecule has 1 aromatic heterocycles. The maximum atomic E-state index is 10.7. The zero-order valence-corrected chi connectivity index (χ0v) is 12.6. The van der Waals surface area contributed by atoms with Crippen molar-refractivity contribution in [3.05, 3.63) is 72.4 Å². The minimum atomic E-state index is -1.37. The van der Waals surface area contributed by atoms with E-state index < -0.39 is 6.16 Å². The van der Waals surface area contributed by atoms with Crippen molar-refractivity contribution in [1.29, 1.82) is 0 Å². The van der Waals surface area contributed by atoms with Crippen LogP contribution in [0.4, 0.5) is 4.79 Å². The molecule has 0 spiro atoms. The van der Waals surface area contributed by atoms with Crippen LogP contribution in [0.25, 0.3) is 22.3 Å². The lowest BCUT2D eigenvalue weighted by molar-refractivity contribution is 0.142. The third-order valence-corrected chi connectivity index (χ3v) is 3.62. The molecule has 0 saturated carbocycles. The molecule has 1 heterocycles. The molecule has 0 radical (unpaired) electrons. The summed E-state index contributed by atoms with van der Waals surface area (Å²) in [6, 6.07) is 20.0. The Hall–Kier alpha value is -3.14. The fraction of sp³-hybridized carbons (Fsp3) is 0.0526. The van der Waals surface area contributed by atoms with Gasteiger partial charge in [-0.05, 0) is 41.3 Å². The van der Waals surface area contributed by atoms with Gasteiger partial charge in [0.15, 0.2) is 0 Å². The molecule has 4 heteroatoms. The Balaban J connectivity index is 2.04. The first-order chi connectivity index (χ1) is 11.1. The van der Waals surface area contributed by atoms with Crippen LogP contribution in [0.15, 0.2) is 66.9 Å². The molecule has 2 aromatic carbocycles. The largest absolute Gasteiger partial charge is 0.512 e. The highest BCUT2D eigenvalue weighted by molar-refractivity contribution is 5.76. The van der Waals surface area contributed by atoms with Crippen molar-refractivity contribution in [3.8, 4) is 28.1 Å². The second-order valence-corrected chi connectivity index (χ2v) is 5.10. The van der Waals surface area contributed by atoms with Gasteiger partial charge in [-0.25, -0.2) is 9.78 Å². The number of hydrogen-bond donors (Lipinski definition) is 1. The first kappa shape index (κ1) is 14.8. The summed E-state index contributed by atoms with van der Waals surface area (Å²) in [5.74, 6) is 0.111. The monoisotopic (exact) mass is 305 g/mol. The second kappa shape index (κ2) is 6.32. The van der Waals surface area contributed by atoms with Crippen LogP contribution in [0.1, 0.15) is 5.56 Å². The second-order valence-electron chi connectivity index (χ2n) is 5.10. The fourth-order valence-electron chi connectivity index (χ4n) is 2.51. The average Bonchev–Trinajstić information content (AvgIpc) is 2.57. The van der Waals surface area contributed by atoms with E-state index in [0.717, 1.165) is 22.3 Å². The number of nitrogens with zero attached hydrogens (tertiary/aromatic N) is 1. The molecule has 0 unspecified atom stereocenters. The quantitative estimate of drug-likeness (QED) is 0.707. The third kappa shape index (κ3) is 3.21. The Bertz CT molecular complexity index is 844. The molecule has 3 rings (SSSR count). The van der Waals surface area contributed by atoms with Crippen LogP contribution in [0, 0.1) is 6.92 Å². The van der Waals surface area contributed by atoms with Gasteiger partial charge in [0.05, 0.1) is 0 Å². The maximum absolute atomic E-state index is 10.7. The maximum Gasteiger partial charge on any atom is 0.512 e. The van der Waals surface area contributed by atoms with Crippen LogP contribution in [0.3, 0.4) is 0 Å². The molecular weight excluding hydrogens is 290 g/mol. The van der Waals surface area contributed by atoms with Crippen molar-refractivity contribution in [2.75, 3.05) is 0 Å². The summed E-state index contributed by atoms with van der Waals surface area (Å²) in [5, 5.41) is 8.78. The number of benzene rings is 2. The number of rotatable bonds is 3. The molecule has 0 atom stereocenters. The minimum absolute atomic E-state index is 0.111. The van der Waals surface area contributed by atoms with Crippen LogP contribution >= 0.6 is 0 Å². The lowest BCUT2D eigenvalue weighted by atomic mass is 9.97.